The first kappa shape index (κ1) is 20.5. The van der Waals surface area contributed by atoms with E-state index in [9.17, 15) is 9.59 Å². The molecule has 0 radical (unpaired) electrons. The summed E-state index contributed by atoms with van der Waals surface area (Å²) in [5.41, 5.74) is 1.27. The van der Waals surface area contributed by atoms with Crippen molar-refractivity contribution < 1.29 is 4.79 Å². The Balaban J connectivity index is 1.41. The second kappa shape index (κ2) is 8.57. The van der Waals surface area contributed by atoms with E-state index in [1.807, 2.05) is 42.6 Å². The van der Waals surface area contributed by atoms with Gasteiger partial charge < -0.3 is 10.2 Å². The van der Waals surface area contributed by atoms with Gasteiger partial charge in [-0.05, 0) is 44.4 Å². The summed E-state index contributed by atoms with van der Waals surface area (Å²) in [4.78, 5) is 28.6. The maximum atomic E-state index is 12.8. The van der Waals surface area contributed by atoms with Crippen molar-refractivity contribution in [1.29, 1.82) is 0 Å². The summed E-state index contributed by atoms with van der Waals surface area (Å²) in [5, 5.41) is 14.1. The second-order valence-electron chi connectivity index (χ2n) is 7.89. The van der Waals surface area contributed by atoms with Crippen molar-refractivity contribution in [2.75, 3.05) is 20.6 Å². The number of aromatic nitrogens is 5. The van der Waals surface area contributed by atoms with E-state index in [0.29, 0.717) is 31.6 Å². The molecular formula is C20H27N7O2S. The summed E-state index contributed by atoms with van der Waals surface area (Å²) in [6.07, 6.45) is 2.13. The quantitative estimate of drug-likeness (QED) is 0.636. The van der Waals surface area contributed by atoms with E-state index in [0.717, 1.165) is 29.4 Å². The molecule has 0 aliphatic carbocycles. The lowest BCUT2D eigenvalue weighted by atomic mass is 10.1. The lowest BCUT2D eigenvalue weighted by Crippen LogP contribution is -2.37. The highest BCUT2D eigenvalue weighted by atomic mass is 32.1. The molecule has 10 heteroatoms. The molecule has 30 heavy (non-hydrogen) atoms. The van der Waals surface area contributed by atoms with Crippen LogP contribution in [0.1, 0.15) is 29.2 Å². The Labute approximate surface area is 178 Å². The molecule has 1 aliphatic heterocycles. The van der Waals surface area contributed by atoms with E-state index in [1.54, 1.807) is 32.3 Å². The van der Waals surface area contributed by atoms with Crippen molar-refractivity contribution in [2.24, 2.45) is 7.05 Å². The number of amides is 1. The highest BCUT2D eigenvalue weighted by Crippen LogP contribution is 2.24. The predicted octanol–water partition coefficient (Wildman–Crippen LogP) is 1.20. The number of nitrogens with zero attached hydrogens (tertiary/aromatic N) is 6. The fraction of sp³-hybridized carbons (Fsp3) is 0.500. The topological polar surface area (TPSA) is 90.0 Å². The van der Waals surface area contributed by atoms with Gasteiger partial charge in [0.2, 0.25) is 0 Å². The summed E-state index contributed by atoms with van der Waals surface area (Å²) in [5.74, 6) is 0.664. The molecule has 1 aliphatic rings. The molecule has 4 rings (SSSR count). The van der Waals surface area contributed by atoms with Crippen LogP contribution in [0.2, 0.25) is 0 Å². The number of rotatable bonds is 6. The fourth-order valence-electron chi connectivity index (χ4n) is 3.70. The van der Waals surface area contributed by atoms with Crippen LogP contribution in [0.15, 0.2) is 28.4 Å². The number of hydrogen-bond donors (Lipinski definition) is 1. The van der Waals surface area contributed by atoms with Crippen LogP contribution in [-0.4, -0.2) is 61.6 Å². The van der Waals surface area contributed by atoms with Gasteiger partial charge in [-0.1, -0.05) is 6.07 Å². The largest absolute Gasteiger partial charge is 0.348 e. The maximum absolute atomic E-state index is 12.8. The van der Waals surface area contributed by atoms with Gasteiger partial charge in [0.1, 0.15) is 17.2 Å². The third kappa shape index (κ3) is 4.24. The first-order chi connectivity index (χ1) is 14.4. The minimum Gasteiger partial charge on any atom is -0.348 e. The van der Waals surface area contributed by atoms with Gasteiger partial charge >= 0.3 is 5.69 Å². The van der Waals surface area contributed by atoms with Crippen LogP contribution in [0, 0.1) is 0 Å². The highest BCUT2D eigenvalue weighted by molar-refractivity contribution is 7.13. The van der Waals surface area contributed by atoms with Gasteiger partial charge in [0.25, 0.3) is 5.91 Å². The molecular weight excluding hydrogens is 402 g/mol. The summed E-state index contributed by atoms with van der Waals surface area (Å²) in [6.45, 7) is 1.92. The van der Waals surface area contributed by atoms with Crippen molar-refractivity contribution in [3.8, 4) is 10.6 Å². The van der Waals surface area contributed by atoms with Crippen molar-refractivity contribution in [1.82, 2.24) is 34.3 Å². The highest BCUT2D eigenvalue weighted by Gasteiger charge is 2.24. The van der Waals surface area contributed by atoms with Crippen LogP contribution in [0.25, 0.3) is 10.6 Å². The molecule has 3 aromatic rings. The van der Waals surface area contributed by atoms with E-state index >= 15 is 0 Å². The summed E-state index contributed by atoms with van der Waals surface area (Å²) < 4.78 is 4.92. The maximum Gasteiger partial charge on any atom is 0.345 e. The first-order valence-corrected chi connectivity index (χ1v) is 11.0. The molecule has 0 aromatic carbocycles. The number of fused-ring (bicyclic) bond motifs is 1. The molecule has 0 spiro atoms. The van der Waals surface area contributed by atoms with E-state index in [1.165, 1.54) is 0 Å². The molecule has 3 aromatic heterocycles. The minimum absolute atomic E-state index is 0.00564. The van der Waals surface area contributed by atoms with Crippen molar-refractivity contribution in [3.63, 3.8) is 0 Å². The smallest absolute Gasteiger partial charge is 0.345 e. The molecule has 0 saturated heterocycles. The Morgan fingerprint density at radius 2 is 2.17 bits per heavy atom. The molecule has 0 fully saturated rings. The van der Waals surface area contributed by atoms with E-state index in [2.05, 4.69) is 15.5 Å². The Morgan fingerprint density at radius 1 is 1.33 bits per heavy atom. The molecule has 1 unspecified atom stereocenters. The van der Waals surface area contributed by atoms with E-state index in [4.69, 9.17) is 0 Å². The van der Waals surface area contributed by atoms with E-state index in [-0.39, 0.29) is 17.6 Å². The van der Waals surface area contributed by atoms with Gasteiger partial charge in [-0.25, -0.2) is 9.48 Å². The SMILES string of the molecule is CN(C)CCn1nc2n(c1=O)CCC(NC(=O)c1cc(-c3cccs3)nn1C)CC2. The second-order valence-corrected chi connectivity index (χ2v) is 8.84. The number of carbonyl (C=O) groups is 1. The molecule has 4 heterocycles. The van der Waals surface area contributed by atoms with Gasteiger partial charge in [-0.3, -0.25) is 14.0 Å². The average Bonchev–Trinajstić information content (AvgIpc) is 3.39. The lowest BCUT2D eigenvalue weighted by Gasteiger charge is -2.16. The van der Waals surface area contributed by atoms with Crippen LogP contribution in [0.5, 0.6) is 0 Å². The van der Waals surface area contributed by atoms with Crippen molar-refractivity contribution in [3.05, 3.63) is 45.6 Å². The minimum atomic E-state index is -0.138. The predicted molar refractivity (Wildman–Crippen MR) is 116 cm³/mol. The first-order valence-electron chi connectivity index (χ1n) is 10.1. The van der Waals surface area contributed by atoms with Crippen LogP contribution in [0.3, 0.4) is 0 Å². The third-order valence-corrected chi connectivity index (χ3v) is 6.29. The molecule has 9 nitrogen and oxygen atoms in total. The standard InChI is InChI=1S/C20H27N7O2S/c1-24(2)10-11-27-20(29)26-9-8-14(6-7-18(26)23-27)21-19(28)16-13-15(22-25(16)3)17-5-4-12-30-17/h4-5,12-14H,6-11H2,1-3H3,(H,21,28). The van der Waals surface area contributed by atoms with Gasteiger partial charge in [-0.2, -0.15) is 10.2 Å². The normalized spacial score (nSPS) is 16.5. The monoisotopic (exact) mass is 429 g/mol. The average molecular weight is 430 g/mol. The number of thiophene rings is 1. The van der Waals surface area contributed by atoms with E-state index < -0.39 is 0 Å². The van der Waals surface area contributed by atoms with Crippen LogP contribution in [-0.2, 0) is 26.6 Å². The van der Waals surface area contributed by atoms with Gasteiger partial charge in [0.15, 0.2) is 0 Å². The molecule has 1 atom stereocenters. The number of aryl methyl sites for hydroxylation is 2. The van der Waals surface area contributed by atoms with Crippen LogP contribution in [0.4, 0.5) is 0 Å². The zero-order valence-corrected chi connectivity index (χ0v) is 18.4. The molecule has 1 N–H and O–H groups in total. The van der Waals surface area contributed by atoms with Gasteiger partial charge in [0.05, 0.1) is 11.4 Å². The Hall–Kier alpha value is -2.72. The van der Waals surface area contributed by atoms with Crippen LogP contribution < -0.4 is 11.0 Å². The zero-order valence-electron chi connectivity index (χ0n) is 17.5. The number of likely N-dealkylation sites (N-methyl/N-ethyl adjacent to an activating group) is 1. The Kier molecular flexibility index (Phi) is 5.87. The molecule has 1 amide bonds. The Bertz CT molecular complexity index is 1080. The van der Waals surface area contributed by atoms with Crippen molar-refractivity contribution >= 4 is 17.2 Å². The Morgan fingerprint density at radius 3 is 2.90 bits per heavy atom. The third-order valence-electron chi connectivity index (χ3n) is 5.40. The number of nitrogens with one attached hydrogen (secondary N) is 1. The summed E-state index contributed by atoms with van der Waals surface area (Å²) in [7, 11) is 5.74. The van der Waals surface area contributed by atoms with Gasteiger partial charge in [-0.15, -0.1) is 11.3 Å². The molecule has 0 saturated carbocycles. The zero-order chi connectivity index (χ0) is 21.3. The fourth-order valence-corrected chi connectivity index (χ4v) is 4.38. The van der Waals surface area contributed by atoms with Crippen LogP contribution >= 0.6 is 11.3 Å². The number of hydrogen-bond acceptors (Lipinski definition) is 6. The van der Waals surface area contributed by atoms with Crippen molar-refractivity contribution in [2.45, 2.75) is 38.4 Å². The lowest BCUT2D eigenvalue weighted by molar-refractivity contribution is 0.0923. The summed E-state index contributed by atoms with van der Waals surface area (Å²) >= 11 is 1.60. The molecule has 160 valence electrons. The summed E-state index contributed by atoms with van der Waals surface area (Å²) in [6, 6.07) is 5.78. The number of carbonyl (C=O) groups excluding carboxylic acids is 1. The van der Waals surface area contributed by atoms with Gasteiger partial charge in [0, 0.05) is 32.6 Å². The molecule has 0 bridgehead atoms.